The van der Waals surface area contributed by atoms with Crippen LogP contribution in [0.1, 0.15) is 15.9 Å². The topological polar surface area (TPSA) is 17.1 Å². The van der Waals surface area contributed by atoms with Gasteiger partial charge in [-0.25, -0.2) is 0 Å². The van der Waals surface area contributed by atoms with Crippen LogP contribution in [0.25, 0.3) is 10.1 Å². The van der Waals surface area contributed by atoms with Crippen molar-refractivity contribution in [3.63, 3.8) is 0 Å². The second kappa shape index (κ2) is 5.68. The Hall–Kier alpha value is -1.16. The van der Waals surface area contributed by atoms with E-state index in [1.807, 2.05) is 24.3 Å². The van der Waals surface area contributed by atoms with Gasteiger partial charge in [0.1, 0.15) is 0 Å². The average molecular weight is 366 g/mol. The Labute approximate surface area is 134 Å². The summed E-state index contributed by atoms with van der Waals surface area (Å²) in [6.07, 6.45) is 0.375. The fourth-order valence-corrected chi connectivity index (χ4v) is 3.72. The van der Waals surface area contributed by atoms with Gasteiger partial charge in [-0.1, -0.05) is 35.9 Å². The van der Waals surface area contributed by atoms with Crippen LogP contribution in [0.15, 0.2) is 52.3 Å². The van der Waals surface area contributed by atoms with E-state index in [9.17, 15) is 4.79 Å². The number of ketones is 1. The van der Waals surface area contributed by atoms with Crippen LogP contribution in [0.4, 0.5) is 0 Å². The second-order valence-electron chi connectivity index (χ2n) is 4.46. The highest BCUT2D eigenvalue weighted by molar-refractivity contribution is 9.10. The van der Waals surface area contributed by atoms with Gasteiger partial charge in [0.15, 0.2) is 5.78 Å². The monoisotopic (exact) mass is 364 g/mol. The highest BCUT2D eigenvalue weighted by atomic mass is 79.9. The normalized spacial score (nSPS) is 10.9. The molecular formula is C16H10BrClOS. The summed E-state index contributed by atoms with van der Waals surface area (Å²) in [6, 6.07) is 13.6. The van der Waals surface area contributed by atoms with Crippen LogP contribution in [-0.2, 0) is 6.42 Å². The molecular weight excluding hydrogens is 356 g/mol. The van der Waals surface area contributed by atoms with Gasteiger partial charge >= 0.3 is 0 Å². The van der Waals surface area contributed by atoms with Crippen molar-refractivity contribution >= 4 is 54.7 Å². The quantitative estimate of drug-likeness (QED) is 0.541. The molecule has 0 atom stereocenters. The summed E-state index contributed by atoms with van der Waals surface area (Å²) in [4.78, 5) is 12.4. The maximum Gasteiger partial charge on any atom is 0.168 e. The summed E-state index contributed by atoms with van der Waals surface area (Å²) < 4.78 is 1.95. The lowest BCUT2D eigenvalue weighted by Crippen LogP contribution is -2.04. The van der Waals surface area contributed by atoms with E-state index < -0.39 is 0 Å². The van der Waals surface area contributed by atoms with Crippen molar-refractivity contribution in [2.45, 2.75) is 6.42 Å². The van der Waals surface area contributed by atoms with Crippen molar-refractivity contribution < 1.29 is 4.79 Å². The van der Waals surface area contributed by atoms with Crippen LogP contribution in [0.5, 0.6) is 0 Å². The van der Waals surface area contributed by atoms with Crippen LogP contribution in [0.2, 0.25) is 5.02 Å². The molecule has 4 heteroatoms. The smallest absolute Gasteiger partial charge is 0.168 e. The summed E-state index contributed by atoms with van der Waals surface area (Å²) in [5.41, 5.74) is 1.63. The molecule has 0 spiro atoms. The SMILES string of the molecule is O=C(Cc1csc2ccccc12)c1cccc(Br)c1Cl. The maximum atomic E-state index is 12.4. The summed E-state index contributed by atoms with van der Waals surface area (Å²) in [6.45, 7) is 0. The maximum absolute atomic E-state index is 12.4. The molecule has 1 nitrogen and oxygen atoms in total. The van der Waals surface area contributed by atoms with Gasteiger partial charge in [0.2, 0.25) is 0 Å². The lowest BCUT2D eigenvalue weighted by Gasteiger charge is -2.04. The van der Waals surface area contributed by atoms with Gasteiger partial charge in [-0.05, 0) is 50.5 Å². The molecule has 0 aliphatic carbocycles. The number of rotatable bonds is 3. The molecule has 3 aromatic rings. The Morgan fingerprint density at radius 1 is 1.15 bits per heavy atom. The summed E-state index contributed by atoms with van der Waals surface area (Å²) in [7, 11) is 0. The third kappa shape index (κ3) is 2.53. The molecule has 20 heavy (non-hydrogen) atoms. The van der Waals surface area contributed by atoms with Crippen LogP contribution < -0.4 is 0 Å². The molecule has 3 rings (SSSR count). The molecule has 0 bridgehead atoms. The first kappa shape index (κ1) is 13.8. The minimum atomic E-state index is 0.0415. The van der Waals surface area contributed by atoms with E-state index in [-0.39, 0.29) is 5.78 Å². The molecule has 0 radical (unpaired) electrons. The third-order valence-electron chi connectivity index (χ3n) is 3.16. The molecule has 1 heterocycles. The first-order chi connectivity index (χ1) is 9.66. The number of halogens is 2. The largest absolute Gasteiger partial charge is 0.294 e. The Morgan fingerprint density at radius 3 is 2.80 bits per heavy atom. The summed E-state index contributed by atoms with van der Waals surface area (Å²) in [5.74, 6) is 0.0415. The second-order valence-corrected chi connectivity index (χ2v) is 6.60. The van der Waals surface area contributed by atoms with Gasteiger partial charge in [0, 0.05) is 21.2 Å². The van der Waals surface area contributed by atoms with Gasteiger partial charge in [-0.2, -0.15) is 0 Å². The van der Waals surface area contributed by atoms with Gasteiger partial charge in [0.25, 0.3) is 0 Å². The molecule has 2 aromatic carbocycles. The van der Waals surface area contributed by atoms with E-state index in [0.717, 1.165) is 15.4 Å². The predicted octanol–water partition coefficient (Wildman–Crippen LogP) is 5.74. The Bertz CT molecular complexity index is 794. The number of Topliss-reactive ketones (excluding diaryl/α,β-unsaturated/α-hetero) is 1. The number of hydrogen-bond acceptors (Lipinski definition) is 2. The molecule has 0 saturated carbocycles. The Morgan fingerprint density at radius 2 is 1.95 bits per heavy atom. The number of hydrogen-bond donors (Lipinski definition) is 0. The van der Waals surface area contributed by atoms with Crippen molar-refractivity contribution in [2.75, 3.05) is 0 Å². The molecule has 0 saturated heterocycles. The predicted molar refractivity (Wildman–Crippen MR) is 89.0 cm³/mol. The van der Waals surface area contributed by atoms with Crippen molar-refractivity contribution in [3.8, 4) is 0 Å². The van der Waals surface area contributed by atoms with Gasteiger partial charge in [-0.3, -0.25) is 4.79 Å². The molecule has 0 unspecified atom stereocenters. The zero-order chi connectivity index (χ0) is 14.1. The fourth-order valence-electron chi connectivity index (χ4n) is 2.16. The minimum absolute atomic E-state index is 0.0415. The molecule has 100 valence electrons. The molecule has 0 N–H and O–H groups in total. The van der Waals surface area contributed by atoms with Gasteiger partial charge in [0.05, 0.1) is 5.02 Å². The van der Waals surface area contributed by atoms with Gasteiger partial charge in [-0.15, -0.1) is 11.3 Å². The lowest BCUT2D eigenvalue weighted by atomic mass is 10.0. The highest BCUT2D eigenvalue weighted by Crippen LogP contribution is 2.30. The van der Waals surface area contributed by atoms with Crippen molar-refractivity contribution in [1.82, 2.24) is 0 Å². The number of benzene rings is 2. The Balaban J connectivity index is 1.95. The standard InChI is InChI=1S/C16H10BrClOS/c17-13-6-3-5-12(16(13)18)14(19)8-10-9-20-15-7-2-1-4-11(10)15/h1-7,9H,8H2. The van der Waals surface area contributed by atoms with Crippen molar-refractivity contribution in [1.29, 1.82) is 0 Å². The van der Waals surface area contributed by atoms with E-state index in [1.165, 1.54) is 4.70 Å². The van der Waals surface area contributed by atoms with E-state index >= 15 is 0 Å². The van der Waals surface area contributed by atoms with Gasteiger partial charge < -0.3 is 0 Å². The lowest BCUT2D eigenvalue weighted by molar-refractivity contribution is 0.0993. The van der Waals surface area contributed by atoms with Crippen molar-refractivity contribution in [3.05, 3.63) is 68.5 Å². The molecule has 0 aliphatic heterocycles. The molecule has 0 aliphatic rings. The van der Waals surface area contributed by atoms with Crippen LogP contribution >= 0.6 is 38.9 Å². The van der Waals surface area contributed by atoms with Crippen LogP contribution in [0, 0.1) is 0 Å². The van der Waals surface area contributed by atoms with Crippen molar-refractivity contribution in [2.24, 2.45) is 0 Å². The molecule has 0 fully saturated rings. The summed E-state index contributed by atoms with van der Waals surface area (Å²) >= 11 is 11.2. The summed E-state index contributed by atoms with van der Waals surface area (Å²) in [5, 5.41) is 3.68. The highest BCUT2D eigenvalue weighted by Gasteiger charge is 2.15. The number of carbonyl (C=O) groups is 1. The Kier molecular flexibility index (Phi) is 3.92. The number of fused-ring (bicyclic) bond motifs is 1. The average Bonchev–Trinajstić information content (AvgIpc) is 2.85. The first-order valence-corrected chi connectivity index (χ1v) is 8.14. The van der Waals surface area contributed by atoms with E-state index in [2.05, 4.69) is 33.4 Å². The minimum Gasteiger partial charge on any atom is -0.294 e. The molecule has 0 amide bonds. The van der Waals surface area contributed by atoms with E-state index in [1.54, 1.807) is 17.4 Å². The van der Waals surface area contributed by atoms with E-state index in [4.69, 9.17) is 11.6 Å². The zero-order valence-electron chi connectivity index (χ0n) is 10.4. The third-order valence-corrected chi connectivity index (χ3v) is 5.47. The first-order valence-electron chi connectivity index (χ1n) is 6.09. The number of thiophene rings is 1. The fraction of sp³-hybridized carbons (Fsp3) is 0.0625. The molecule has 1 aromatic heterocycles. The van der Waals surface area contributed by atoms with E-state index in [0.29, 0.717) is 17.0 Å². The van der Waals surface area contributed by atoms with Crippen LogP contribution in [-0.4, -0.2) is 5.78 Å². The van der Waals surface area contributed by atoms with Crippen LogP contribution in [0.3, 0.4) is 0 Å². The number of carbonyl (C=O) groups excluding carboxylic acids is 1. The zero-order valence-corrected chi connectivity index (χ0v) is 13.6.